The van der Waals surface area contributed by atoms with Crippen molar-refractivity contribution < 1.29 is 5.11 Å². The summed E-state index contributed by atoms with van der Waals surface area (Å²) in [7, 11) is 0. The summed E-state index contributed by atoms with van der Waals surface area (Å²) in [5.41, 5.74) is 8.10. The van der Waals surface area contributed by atoms with Gasteiger partial charge in [-0.1, -0.05) is 31.2 Å². The van der Waals surface area contributed by atoms with Gasteiger partial charge in [0.05, 0.1) is 5.60 Å². The molecule has 2 nitrogen and oxygen atoms in total. The molecule has 1 aromatic rings. The first-order valence-corrected chi connectivity index (χ1v) is 7.69. The standard InChI is InChI=1S/C17H25NO/c1-2-17(19,14-9-10-14)16(12-18)11-5-7-13-6-3-4-8-15(13)16/h3-4,6,8,14,19H,2,5,7,9-12,18H2,1H3. The Morgan fingerprint density at radius 2 is 2.11 bits per heavy atom. The van der Waals surface area contributed by atoms with Gasteiger partial charge in [-0.2, -0.15) is 0 Å². The normalized spacial score (nSPS) is 29.6. The molecule has 0 radical (unpaired) electrons. The van der Waals surface area contributed by atoms with Gasteiger partial charge in [-0.15, -0.1) is 0 Å². The first-order valence-electron chi connectivity index (χ1n) is 7.69. The lowest BCUT2D eigenvalue weighted by atomic mass is 9.58. The third-order valence-corrected chi connectivity index (χ3v) is 5.55. The molecule has 2 heteroatoms. The van der Waals surface area contributed by atoms with Gasteiger partial charge in [-0.05, 0) is 55.6 Å². The molecule has 0 bridgehead atoms. The summed E-state index contributed by atoms with van der Waals surface area (Å²) in [6, 6.07) is 8.61. The minimum atomic E-state index is -0.613. The van der Waals surface area contributed by atoms with E-state index >= 15 is 0 Å². The maximum absolute atomic E-state index is 11.4. The monoisotopic (exact) mass is 259 g/mol. The minimum absolute atomic E-state index is 0.224. The number of nitrogens with two attached hydrogens (primary N) is 1. The van der Waals surface area contributed by atoms with Gasteiger partial charge in [-0.3, -0.25) is 0 Å². The fraction of sp³-hybridized carbons (Fsp3) is 0.647. The summed E-state index contributed by atoms with van der Waals surface area (Å²) in [5.74, 6) is 0.451. The highest BCUT2D eigenvalue weighted by atomic mass is 16.3. The van der Waals surface area contributed by atoms with Gasteiger partial charge in [0, 0.05) is 12.0 Å². The molecule has 1 saturated carbocycles. The van der Waals surface area contributed by atoms with Gasteiger partial charge >= 0.3 is 0 Å². The average Bonchev–Trinajstić information content (AvgIpc) is 3.30. The molecular weight excluding hydrogens is 234 g/mol. The summed E-state index contributed by atoms with van der Waals surface area (Å²) >= 11 is 0. The lowest BCUT2D eigenvalue weighted by molar-refractivity contribution is -0.0674. The molecule has 2 aliphatic rings. The summed E-state index contributed by atoms with van der Waals surface area (Å²) in [6.45, 7) is 2.68. The Balaban J connectivity index is 2.14. The lowest BCUT2D eigenvalue weighted by Gasteiger charge is -2.50. The second-order valence-corrected chi connectivity index (χ2v) is 6.35. The fourth-order valence-electron chi connectivity index (χ4n) is 4.34. The predicted molar refractivity (Wildman–Crippen MR) is 78.1 cm³/mol. The van der Waals surface area contributed by atoms with Crippen molar-refractivity contribution in [3.8, 4) is 0 Å². The molecule has 0 spiro atoms. The summed E-state index contributed by atoms with van der Waals surface area (Å²) in [4.78, 5) is 0. The maximum Gasteiger partial charge on any atom is 0.0781 e. The van der Waals surface area contributed by atoms with Crippen LogP contribution in [-0.4, -0.2) is 17.3 Å². The van der Waals surface area contributed by atoms with E-state index in [4.69, 9.17) is 5.73 Å². The Bertz CT molecular complexity index is 468. The molecule has 0 aliphatic heterocycles. The molecule has 2 aliphatic carbocycles. The molecule has 0 saturated heterocycles. The van der Waals surface area contributed by atoms with Gasteiger partial charge in [0.25, 0.3) is 0 Å². The van der Waals surface area contributed by atoms with E-state index in [0.29, 0.717) is 12.5 Å². The van der Waals surface area contributed by atoms with Gasteiger partial charge in [0.1, 0.15) is 0 Å². The Morgan fingerprint density at radius 1 is 1.37 bits per heavy atom. The highest BCUT2D eigenvalue weighted by Gasteiger charge is 2.57. The predicted octanol–water partition coefficient (Wildman–Crippen LogP) is 2.77. The zero-order valence-electron chi connectivity index (χ0n) is 11.9. The molecule has 3 N–H and O–H groups in total. The van der Waals surface area contributed by atoms with E-state index in [0.717, 1.165) is 38.5 Å². The molecule has 1 fully saturated rings. The molecule has 1 aromatic carbocycles. The van der Waals surface area contributed by atoms with Crippen LogP contribution in [0.1, 0.15) is 50.2 Å². The molecule has 2 unspecified atom stereocenters. The molecule has 104 valence electrons. The van der Waals surface area contributed by atoms with Gasteiger partial charge in [0.2, 0.25) is 0 Å². The molecule has 0 heterocycles. The van der Waals surface area contributed by atoms with Gasteiger partial charge in [0.15, 0.2) is 0 Å². The van der Waals surface area contributed by atoms with Crippen LogP contribution in [0.25, 0.3) is 0 Å². The van der Waals surface area contributed by atoms with Crippen molar-refractivity contribution in [1.29, 1.82) is 0 Å². The van der Waals surface area contributed by atoms with E-state index in [1.807, 2.05) is 0 Å². The highest BCUT2D eigenvalue weighted by Crippen LogP contribution is 2.55. The van der Waals surface area contributed by atoms with Gasteiger partial charge < -0.3 is 10.8 Å². The largest absolute Gasteiger partial charge is 0.389 e. The summed E-state index contributed by atoms with van der Waals surface area (Å²) in [6.07, 6.45) is 6.43. The van der Waals surface area contributed by atoms with Crippen LogP contribution < -0.4 is 5.73 Å². The number of aliphatic hydroxyl groups is 1. The van der Waals surface area contributed by atoms with Crippen LogP contribution >= 0.6 is 0 Å². The first kappa shape index (κ1) is 13.1. The third kappa shape index (κ3) is 1.77. The van der Waals surface area contributed by atoms with Crippen molar-refractivity contribution in [2.75, 3.05) is 6.54 Å². The van der Waals surface area contributed by atoms with Crippen molar-refractivity contribution in [2.24, 2.45) is 11.7 Å². The second-order valence-electron chi connectivity index (χ2n) is 6.35. The van der Waals surface area contributed by atoms with Crippen LogP contribution in [0.2, 0.25) is 0 Å². The van der Waals surface area contributed by atoms with Crippen LogP contribution in [0.3, 0.4) is 0 Å². The van der Waals surface area contributed by atoms with Crippen molar-refractivity contribution in [1.82, 2.24) is 0 Å². The van der Waals surface area contributed by atoms with Crippen molar-refractivity contribution in [2.45, 2.75) is 56.5 Å². The summed E-state index contributed by atoms with van der Waals surface area (Å²) in [5, 5.41) is 11.4. The van der Waals surface area contributed by atoms with Crippen LogP contribution in [0.4, 0.5) is 0 Å². The Hall–Kier alpha value is -0.860. The number of rotatable bonds is 4. The topological polar surface area (TPSA) is 46.2 Å². The number of hydrogen-bond donors (Lipinski definition) is 2. The minimum Gasteiger partial charge on any atom is -0.389 e. The van der Waals surface area contributed by atoms with E-state index in [2.05, 4.69) is 31.2 Å². The van der Waals surface area contributed by atoms with Crippen LogP contribution in [0.15, 0.2) is 24.3 Å². The van der Waals surface area contributed by atoms with E-state index < -0.39 is 5.60 Å². The van der Waals surface area contributed by atoms with Crippen molar-refractivity contribution >= 4 is 0 Å². The van der Waals surface area contributed by atoms with E-state index in [9.17, 15) is 5.11 Å². The second kappa shape index (κ2) is 4.60. The first-order chi connectivity index (χ1) is 9.18. The number of hydrogen-bond acceptors (Lipinski definition) is 2. The number of fused-ring (bicyclic) bond motifs is 1. The quantitative estimate of drug-likeness (QED) is 0.873. The highest BCUT2D eigenvalue weighted by molar-refractivity contribution is 5.41. The average molecular weight is 259 g/mol. The van der Waals surface area contributed by atoms with E-state index in [1.54, 1.807) is 0 Å². The van der Waals surface area contributed by atoms with Crippen molar-refractivity contribution in [3.05, 3.63) is 35.4 Å². The Labute approximate surface area is 116 Å². The molecule has 19 heavy (non-hydrogen) atoms. The molecule has 0 amide bonds. The van der Waals surface area contributed by atoms with Crippen LogP contribution in [0.5, 0.6) is 0 Å². The zero-order valence-corrected chi connectivity index (χ0v) is 11.9. The molecular formula is C17H25NO. The van der Waals surface area contributed by atoms with E-state index in [-0.39, 0.29) is 5.41 Å². The molecule has 0 aromatic heterocycles. The van der Waals surface area contributed by atoms with Crippen molar-refractivity contribution in [3.63, 3.8) is 0 Å². The number of aryl methyl sites for hydroxylation is 1. The molecule has 2 atom stereocenters. The fourth-order valence-corrected chi connectivity index (χ4v) is 4.34. The molecule has 3 rings (SSSR count). The smallest absolute Gasteiger partial charge is 0.0781 e. The van der Waals surface area contributed by atoms with Crippen LogP contribution in [0, 0.1) is 5.92 Å². The lowest BCUT2D eigenvalue weighted by Crippen LogP contribution is -2.58. The number of benzene rings is 1. The SMILES string of the molecule is CCC(O)(C1CC1)C1(CN)CCCc2ccccc21. The maximum atomic E-state index is 11.4. The van der Waals surface area contributed by atoms with Crippen LogP contribution in [-0.2, 0) is 11.8 Å². The Kier molecular flexibility index (Phi) is 3.18. The van der Waals surface area contributed by atoms with E-state index in [1.165, 1.54) is 11.1 Å². The Morgan fingerprint density at radius 3 is 2.74 bits per heavy atom. The zero-order chi connectivity index (χ0) is 13.5. The van der Waals surface area contributed by atoms with Gasteiger partial charge in [-0.25, -0.2) is 0 Å². The third-order valence-electron chi connectivity index (χ3n) is 5.55. The summed E-state index contributed by atoms with van der Waals surface area (Å²) < 4.78 is 0.